The number of hydrogen-bond acceptors (Lipinski definition) is 3. The number of carbonyl (C=O) groups excluding carboxylic acids is 2. The molecule has 0 bridgehead atoms. The van der Waals surface area contributed by atoms with E-state index in [0.717, 1.165) is 19.3 Å². The highest BCUT2D eigenvalue weighted by Gasteiger charge is 2.22. The Balaban J connectivity index is 1.91. The number of ether oxygens (including phenoxy) is 1. The minimum absolute atomic E-state index is 0.00902. The van der Waals surface area contributed by atoms with Crippen molar-refractivity contribution in [3.63, 3.8) is 0 Å². The van der Waals surface area contributed by atoms with E-state index >= 15 is 0 Å². The van der Waals surface area contributed by atoms with Crippen molar-refractivity contribution in [1.29, 1.82) is 0 Å². The van der Waals surface area contributed by atoms with Crippen LogP contribution in [0.2, 0.25) is 0 Å². The summed E-state index contributed by atoms with van der Waals surface area (Å²) in [6.45, 7) is 3.69. The Kier molecular flexibility index (Phi) is 4.77. The van der Waals surface area contributed by atoms with Gasteiger partial charge in [0.2, 0.25) is 0 Å². The molecule has 2 atom stereocenters. The topological polar surface area (TPSA) is 55.4 Å². The van der Waals surface area contributed by atoms with Crippen LogP contribution in [0.25, 0.3) is 0 Å². The van der Waals surface area contributed by atoms with Gasteiger partial charge in [-0.05, 0) is 44.2 Å². The summed E-state index contributed by atoms with van der Waals surface area (Å²) in [7, 11) is 0. The maximum atomic E-state index is 11.9. The van der Waals surface area contributed by atoms with Crippen molar-refractivity contribution >= 4 is 17.6 Å². The van der Waals surface area contributed by atoms with Gasteiger partial charge in [-0.15, -0.1) is 0 Å². The monoisotopic (exact) mass is 275 g/mol. The van der Waals surface area contributed by atoms with Gasteiger partial charge in [0.05, 0.1) is 0 Å². The van der Waals surface area contributed by atoms with Gasteiger partial charge >= 0.3 is 6.09 Å². The minimum atomic E-state index is -0.440. The molecular weight excluding hydrogens is 254 g/mol. The van der Waals surface area contributed by atoms with Crippen LogP contribution in [0.15, 0.2) is 24.3 Å². The number of hydrogen-bond donors (Lipinski definition) is 1. The Bertz CT molecular complexity index is 498. The number of amides is 1. The maximum absolute atomic E-state index is 11.9. The smallest absolute Gasteiger partial charge is 0.411 e. The zero-order valence-electron chi connectivity index (χ0n) is 12.0. The standard InChI is InChI=1S/C16H21NO3/c1-11-5-3-8-15(9-11)20-16(19)17-14-7-4-6-13(10-14)12(2)18/h4,6-7,10-11,15H,3,5,8-9H2,1-2H3,(H,17,19)/t11-,15+/m1/s1. The first-order chi connectivity index (χ1) is 9.54. The van der Waals surface area contributed by atoms with Crippen molar-refractivity contribution in [3.8, 4) is 0 Å². The fourth-order valence-electron chi connectivity index (χ4n) is 2.60. The Morgan fingerprint density at radius 1 is 1.30 bits per heavy atom. The van der Waals surface area contributed by atoms with Gasteiger partial charge in [-0.25, -0.2) is 4.79 Å². The van der Waals surface area contributed by atoms with Crippen LogP contribution >= 0.6 is 0 Å². The van der Waals surface area contributed by atoms with Gasteiger partial charge in [0.1, 0.15) is 6.10 Å². The highest BCUT2D eigenvalue weighted by atomic mass is 16.6. The second kappa shape index (κ2) is 6.55. The third-order valence-electron chi connectivity index (χ3n) is 3.68. The van der Waals surface area contributed by atoms with E-state index in [1.165, 1.54) is 13.3 Å². The Hall–Kier alpha value is -1.84. The maximum Gasteiger partial charge on any atom is 0.411 e. The summed E-state index contributed by atoms with van der Waals surface area (Å²) in [6, 6.07) is 6.88. The Morgan fingerprint density at radius 2 is 2.10 bits per heavy atom. The third-order valence-corrected chi connectivity index (χ3v) is 3.68. The van der Waals surface area contributed by atoms with Gasteiger partial charge in [0.25, 0.3) is 0 Å². The molecule has 0 saturated heterocycles. The molecule has 1 aliphatic rings. The van der Waals surface area contributed by atoms with Crippen LogP contribution in [0.5, 0.6) is 0 Å². The molecule has 0 aromatic heterocycles. The number of nitrogens with one attached hydrogen (secondary N) is 1. The average Bonchev–Trinajstić information content (AvgIpc) is 2.38. The van der Waals surface area contributed by atoms with Gasteiger partial charge in [-0.1, -0.05) is 25.5 Å². The largest absolute Gasteiger partial charge is 0.446 e. The van der Waals surface area contributed by atoms with Crippen LogP contribution in [0, 0.1) is 5.92 Å². The molecule has 0 radical (unpaired) electrons. The van der Waals surface area contributed by atoms with Crippen LogP contribution in [-0.4, -0.2) is 18.0 Å². The number of ketones is 1. The second-order valence-electron chi connectivity index (χ2n) is 5.56. The van der Waals surface area contributed by atoms with Gasteiger partial charge < -0.3 is 4.74 Å². The fourth-order valence-corrected chi connectivity index (χ4v) is 2.60. The van der Waals surface area contributed by atoms with Crippen LogP contribution in [0.4, 0.5) is 10.5 Å². The lowest BCUT2D eigenvalue weighted by molar-refractivity contribution is 0.0723. The summed E-state index contributed by atoms with van der Waals surface area (Å²) in [5, 5.41) is 2.69. The van der Waals surface area contributed by atoms with Gasteiger partial charge in [-0.2, -0.15) is 0 Å². The predicted molar refractivity (Wildman–Crippen MR) is 78.0 cm³/mol. The number of rotatable bonds is 3. The lowest BCUT2D eigenvalue weighted by atomic mass is 9.89. The Morgan fingerprint density at radius 3 is 2.80 bits per heavy atom. The lowest BCUT2D eigenvalue weighted by Gasteiger charge is -2.26. The van der Waals surface area contributed by atoms with E-state index in [1.54, 1.807) is 24.3 Å². The molecule has 1 N–H and O–H groups in total. The van der Waals surface area contributed by atoms with Crippen molar-refractivity contribution < 1.29 is 14.3 Å². The van der Waals surface area contributed by atoms with Crippen LogP contribution in [-0.2, 0) is 4.74 Å². The molecule has 0 heterocycles. The first-order valence-corrected chi connectivity index (χ1v) is 7.13. The zero-order valence-corrected chi connectivity index (χ0v) is 12.0. The number of anilines is 1. The van der Waals surface area contributed by atoms with E-state index in [9.17, 15) is 9.59 Å². The highest BCUT2D eigenvalue weighted by Crippen LogP contribution is 2.26. The van der Waals surface area contributed by atoms with E-state index in [0.29, 0.717) is 17.2 Å². The molecule has 1 saturated carbocycles. The summed E-state index contributed by atoms with van der Waals surface area (Å²) in [5.41, 5.74) is 1.17. The van der Waals surface area contributed by atoms with Crippen LogP contribution in [0.1, 0.15) is 49.9 Å². The van der Waals surface area contributed by atoms with E-state index in [4.69, 9.17) is 4.74 Å². The third kappa shape index (κ3) is 4.08. The van der Waals surface area contributed by atoms with Gasteiger partial charge in [0, 0.05) is 11.3 Å². The van der Waals surface area contributed by atoms with Crippen molar-refractivity contribution in [1.82, 2.24) is 0 Å². The quantitative estimate of drug-likeness (QED) is 0.848. The molecule has 1 amide bonds. The molecule has 4 nitrogen and oxygen atoms in total. The first-order valence-electron chi connectivity index (χ1n) is 7.13. The summed E-state index contributed by atoms with van der Waals surface area (Å²) in [4.78, 5) is 23.1. The molecule has 2 rings (SSSR count). The second-order valence-corrected chi connectivity index (χ2v) is 5.56. The van der Waals surface area contributed by atoms with Crippen molar-refractivity contribution in [2.24, 2.45) is 5.92 Å². The molecule has 1 aliphatic carbocycles. The van der Waals surface area contributed by atoms with Crippen LogP contribution < -0.4 is 5.32 Å². The summed E-state index contributed by atoms with van der Waals surface area (Å²) >= 11 is 0. The average molecular weight is 275 g/mol. The minimum Gasteiger partial charge on any atom is -0.446 e. The molecule has 0 unspecified atom stereocenters. The summed E-state index contributed by atoms with van der Waals surface area (Å²) in [6.07, 6.45) is 3.76. The van der Waals surface area contributed by atoms with Crippen LogP contribution in [0.3, 0.4) is 0 Å². The van der Waals surface area contributed by atoms with E-state index < -0.39 is 6.09 Å². The summed E-state index contributed by atoms with van der Waals surface area (Å²) in [5.74, 6) is 0.589. The molecule has 0 aliphatic heterocycles. The first kappa shape index (κ1) is 14.6. The molecule has 4 heteroatoms. The molecule has 108 valence electrons. The Labute approximate surface area is 119 Å². The number of Topliss-reactive ketones (excluding diaryl/α,β-unsaturated/α-hetero) is 1. The number of benzene rings is 1. The van der Waals surface area contributed by atoms with Gasteiger partial charge in [-0.3, -0.25) is 10.1 Å². The van der Waals surface area contributed by atoms with E-state index in [2.05, 4.69) is 12.2 Å². The molecule has 1 fully saturated rings. The molecule has 20 heavy (non-hydrogen) atoms. The van der Waals surface area contributed by atoms with Crippen molar-refractivity contribution in [2.45, 2.75) is 45.6 Å². The van der Waals surface area contributed by atoms with E-state index in [-0.39, 0.29) is 11.9 Å². The van der Waals surface area contributed by atoms with Gasteiger partial charge in [0.15, 0.2) is 5.78 Å². The molecule has 1 aromatic rings. The van der Waals surface area contributed by atoms with E-state index in [1.807, 2.05) is 0 Å². The number of carbonyl (C=O) groups is 2. The SMILES string of the molecule is CC(=O)c1cccc(NC(=O)O[C@H]2CCC[C@@H](C)C2)c1. The van der Waals surface area contributed by atoms with Crippen molar-refractivity contribution in [2.75, 3.05) is 5.32 Å². The molecule has 0 spiro atoms. The molecular formula is C16H21NO3. The zero-order chi connectivity index (χ0) is 14.5. The lowest BCUT2D eigenvalue weighted by Crippen LogP contribution is -2.27. The predicted octanol–water partition coefficient (Wildman–Crippen LogP) is 4.02. The van der Waals surface area contributed by atoms with Crippen molar-refractivity contribution in [3.05, 3.63) is 29.8 Å². The highest BCUT2D eigenvalue weighted by molar-refractivity contribution is 5.96. The fraction of sp³-hybridized carbons (Fsp3) is 0.500. The summed E-state index contributed by atoms with van der Waals surface area (Å²) < 4.78 is 5.43. The normalized spacial score (nSPS) is 22.1. The molecule has 1 aromatic carbocycles.